The molecule has 282 valence electrons. The van der Waals surface area contributed by atoms with E-state index in [4.69, 9.17) is 42.3 Å². The summed E-state index contributed by atoms with van der Waals surface area (Å²) in [4.78, 5) is 97.3. The standard InChI is InChI=1S/C36H36O17/c1-16(37)10-24-11-25(13-30-32(24)26(44)14-28(52-30)23-8-9-27(46-18(3)39)29(12-23)47-19(4)40)51-36-35(50-22(7)43)34(49-21(6)42)33(53-36)31(48-20(5)41)15-45-17(2)38/h8-9,11-14,31,33-36H,10,15H2,1-7H3/t31-,33-,34+,35-,36+/m0/s1. The van der Waals surface area contributed by atoms with Gasteiger partial charge in [0.05, 0.1) is 5.39 Å². The number of benzene rings is 2. The molecule has 0 amide bonds. The minimum Gasteiger partial charge on any atom is -0.462 e. The van der Waals surface area contributed by atoms with Gasteiger partial charge in [-0.1, -0.05) is 0 Å². The van der Waals surface area contributed by atoms with Gasteiger partial charge in [0.25, 0.3) is 0 Å². The molecule has 17 nitrogen and oxygen atoms in total. The lowest BCUT2D eigenvalue weighted by Crippen LogP contribution is -2.47. The Balaban J connectivity index is 1.83. The molecule has 0 spiro atoms. The van der Waals surface area contributed by atoms with Crippen molar-refractivity contribution in [3.8, 4) is 28.6 Å². The number of carbonyl (C=O) groups is 7. The number of hydrogen-bond acceptors (Lipinski definition) is 17. The number of rotatable bonds is 13. The Bertz CT molecular complexity index is 2010. The van der Waals surface area contributed by atoms with E-state index in [1.807, 2.05) is 0 Å². The third kappa shape index (κ3) is 10.5. The predicted molar refractivity (Wildman–Crippen MR) is 178 cm³/mol. The Labute approximate surface area is 301 Å². The van der Waals surface area contributed by atoms with Crippen molar-refractivity contribution >= 4 is 52.6 Å². The normalized spacial score (nSPS) is 18.3. The second-order valence-electron chi connectivity index (χ2n) is 11.8. The molecule has 0 unspecified atom stereocenters. The fourth-order valence-electron chi connectivity index (χ4n) is 5.53. The zero-order chi connectivity index (χ0) is 39.1. The molecule has 0 bridgehead atoms. The molecule has 0 N–H and O–H groups in total. The summed E-state index contributed by atoms with van der Waals surface area (Å²) < 4.78 is 49.9. The Morgan fingerprint density at radius 3 is 1.94 bits per heavy atom. The van der Waals surface area contributed by atoms with Crippen LogP contribution in [0, 0.1) is 0 Å². The van der Waals surface area contributed by atoms with Crippen LogP contribution in [0.5, 0.6) is 17.2 Å². The number of hydrogen-bond donors (Lipinski definition) is 0. The lowest BCUT2D eigenvalue weighted by Gasteiger charge is -2.27. The van der Waals surface area contributed by atoms with E-state index in [2.05, 4.69) is 0 Å². The first-order chi connectivity index (χ1) is 24.9. The molecule has 1 fully saturated rings. The van der Waals surface area contributed by atoms with Crippen molar-refractivity contribution in [3.05, 3.63) is 52.2 Å². The van der Waals surface area contributed by atoms with Crippen LogP contribution in [-0.4, -0.2) is 78.9 Å². The minimum absolute atomic E-state index is 0.0178. The Morgan fingerprint density at radius 1 is 0.717 bits per heavy atom. The van der Waals surface area contributed by atoms with Crippen LogP contribution in [0.3, 0.4) is 0 Å². The number of esters is 6. The van der Waals surface area contributed by atoms with Crippen LogP contribution in [0.15, 0.2) is 45.6 Å². The average Bonchev–Trinajstić information content (AvgIpc) is 3.33. The van der Waals surface area contributed by atoms with Crippen LogP contribution in [0.1, 0.15) is 54.0 Å². The second-order valence-corrected chi connectivity index (χ2v) is 11.8. The van der Waals surface area contributed by atoms with Crippen molar-refractivity contribution in [1.82, 2.24) is 0 Å². The zero-order valence-electron chi connectivity index (χ0n) is 29.7. The van der Waals surface area contributed by atoms with Crippen molar-refractivity contribution in [2.45, 2.75) is 85.6 Å². The van der Waals surface area contributed by atoms with Gasteiger partial charge in [-0.05, 0) is 36.8 Å². The summed E-state index contributed by atoms with van der Waals surface area (Å²) in [6, 6.07) is 7.95. The number of ketones is 1. The van der Waals surface area contributed by atoms with Crippen molar-refractivity contribution < 1.29 is 75.9 Å². The SMILES string of the molecule is CC(=O)Cc1cc(O[C@@H]2O[C@@H]([C@H](COC(C)=O)OC(C)=O)[C@@H](OC(C)=O)[C@@H]2OC(C)=O)cc2oc(-c3ccc(OC(C)=O)c(OC(C)=O)c3)cc(=O)c12. The molecule has 1 aliphatic rings. The van der Waals surface area contributed by atoms with Crippen LogP contribution in [0.25, 0.3) is 22.3 Å². The highest BCUT2D eigenvalue weighted by Gasteiger charge is 2.54. The summed E-state index contributed by atoms with van der Waals surface area (Å²) in [7, 11) is 0. The highest BCUT2D eigenvalue weighted by atomic mass is 16.7. The highest BCUT2D eigenvalue weighted by Crippen LogP contribution is 2.37. The van der Waals surface area contributed by atoms with Gasteiger partial charge in [0.2, 0.25) is 12.4 Å². The molecule has 1 saturated heterocycles. The van der Waals surface area contributed by atoms with Crippen LogP contribution >= 0.6 is 0 Å². The van der Waals surface area contributed by atoms with Crippen LogP contribution in [-0.2, 0) is 63.7 Å². The van der Waals surface area contributed by atoms with E-state index in [9.17, 15) is 38.4 Å². The maximum atomic E-state index is 13.6. The molecule has 1 aliphatic heterocycles. The number of carbonyl (C=O) groups excluding carboxylic acids is 7. The molecular weight excluding hydrogens is 704 g/mol. The zero-order valence-corrected chi connectivity index (χ0v) is 29.7. The van der Waals surface area contributed by atoms with E-state index in [1.165, 1.54) is 37.3 Å². The first-order valence-corrected chi connectivity index (χ1v) is 16.0. The summed E-state index contributed by atoms with van der Waals surface area (Å²) in [5.41, 5.74) is -0.191. The molecule has 1 aromatic heterocycles. The molecule has 0 saturated carbocycles. The molecule has 3 aromatic rings. The summed E-state index contributed by atoms with van der Waals surface area (Å²) >= 11 is 0. The number of Topliss-reactive ketones (excluding diaryl/α,β-unsaturated/α-hetero) is 1. The Kier molecular flexibility index (Phi) is 12.7. The molecule has 17 heteroatoms. The predicted octanol–water partition coefficient (Wildman–Crippen LogP) is 2.90. The summed E-state index contributed by atoms with van der Waals surface area (Å²) in [6.07, 6.45) is -7.47. The largest absolute Gasteiger partial charge is 0.462 e. The topological polar surface area (TPSA) is 224 Å². The Morgan fingerprint density at radius 2 is 1.36 bits per heavy atom. The number of fused-ring (bicyclic) bond motifs is 1. The third-order valence-electron chi connectivity index (χ3n) is 7.26. The van der Waals surface area contributed by atoms with E-state index >= 15 is 0 Å². The highest BCUT2D eigenvalue weighted by molar-refractivity contribution is 5.89. The summed E-state index contributed by atoms with van der Waals surface area (Å²) in [6.45, 7) is 7.47. The maximum Gasteiger partial charge on any atom is 0.308 e. The van der Waals surface area contributed by atoms with Gasteiger partial charge >= 0.3 is 35.8 Å². The fourth-order valence-corrected chi connectivity index (χ4v) is 5.53. The lowest BCUT2D eigenvalue weighted by atomic mass is 10.0. The van der Waals surface area contributed by atoms with Crippen molar-refractivity contribution in [3.63, 3.8) is 0 Å². The van der Waals surface area contributed by atoms with Crippen LogP contribution < -0.4 is 19.6 Å². The molecule has 53 heavy (non-hydrogen) atoms. The molecular formula is C36H36O17. The molecule has 2 aromatic carbocycles. The monoisotopic (exact) mass is 740 g/mol. The minimum atomic E-state index is -1.57. The lowest BCUT2D eigenvalue weighted by molar-refractivity contribution is -0.180. The van der Waals surface area contributed by atoms with E-state index < -0.39 is 78.6 Å². The van der Waals surface area contributed by atoms with Gasteiger partial charge in [0.15, 0.2) is 29.1 Å². The smallest absolute Gasteiger partial charge is 0.308 e. The van der Waals surface area contributed by atoms with Crippen LogP contribution in [0.4, 0.5) is 0 Å². The van der Waals surface area contributed by atoms with E-state index in [1.54, 1.807) is 0 Å². The van der Waals surface area contributed by atoms with Gasteiger partial charge in [0.1, 0.15) is 35.6 Å². The molecule has 0 aliphatic carbocycles. The molecule has 4 rings (SSSR count). The van der Waals surface area contributed by atoms with Gasteiger partial charge in [-0.3, -0.25) is 38.4 Å². The van der Waals surface area contributed by atoms with Gasteiger partial charge in [-0.25, -0.2) is 0 Å². The van der Waals surface area contributed by atoms with Gasteiger partial charge in [-0.15, -0.1) is 0 Å². The first kappa shape index (κ1) is 39.7. The van der Waals surface area contributed by atoms with Crippen LogP contribution in [0.2, 0.25) is 0 Å². The molecule has 0 radical (unpaired) electrons. The molecule has 2 heterocycles. The van der Waals surface area contributed by atoms with Crippen molar-refractivity contribution in [1.29, 1.82) is 0 Å². The van der Waals surface area contributed by atoms with Crippen molar-refractivity contribution in [2.24, 2.45) is 0 Å². The fraction of sp³-hybridized carbons (Fsp3) is 0.389. The van der Waals surface area contributed by atoms with Crippen molar-refractivity contribution in [2.75, 3.05) is 6.61 Å². The van der Waals surface area contributed by atoms with E-state index in [0.29, 0.717) is 0 Å². The third-order valence-corrected chi connectivity index (χ3v) is 7.26. The Hall–Kier alpha value is -6.10. The first-order valence-electron chi connectivity index (χ1n) is 16.0. The van der Waals surface area contributed by atoms with Gasteiger partial charge in [-0.2, -0.15) is 0 Å². The van der Waals surface area contributed by atoms with Gasteiger partial charge in [0, 0.05) is 65.7 Å². The average molecular weight is 741 g/mol. The van der Waals surface area contributed by atoms with E-state index in [0.717, 1.165) is 47.6 Å². The quantitative estimate of drug-likeness (QED) is 0.140. The summed E-state index contributed by atoms with van der Waals surface area (Å²) in [5, 5.41) is 0.0314. The summed E-state index contributed by atoms with van der Waals surface area (Å²) in [5.74, 6) is -5.14. The number of ether oxygens (including phenoxy) is 8. The maximum absolute atomic E-state index is 13.6. The second kappa shape index (κ2) is 16.9. The van der Waals surface area contributed by atoms with Gasteiger partial charge < -0.3 is 42.3 Å². The molecule has 5 atom stereocenters. The van der Waals surface area contributed by atoms with E-state index in [-0.39, 0.29) is 57.3 Å².